The Bertz CT molecular complexity index is 839. The monoisotopic (exact) mass is 481 g/mol. The average Bonchev–Trinajstić information content (AvgIpc) is 3.37. The molecule has 1 aromatic heterocycles. The number of pyridine rings is 1. The molecule has 194 valence electrons. The van der Waals surface area contributed by atoms with Gasteiger partial charge in [-0.2, -0.15) is 0 Å². The van der Waals surface area contributed by atoms with E-state index in [4.69, 9.17) is 11.1 Å². The largest absolute Gasteiger partial charge is 0.370 e. The zero-order valence-corrected chi connectivity index (χ0v) is 22.3. The minimum absolute atomic E-state index is 0.407. The van der Waals surface area contributed by atoms with Crippen molar-refractivity contribution in [3.05, 3.63) is 30.1 Å². The molecule has 0 aromatic carbocycles. The third-order valence-corrected chi connectivity index (χ3v) is 8.57. The van der Waals surface area contributed by atoms with E-state index in [2.05, 4.69) is 51.5 Å². The van der Waals surface area contributed by atoms with Gasteiger partial charge < -0.3 is 20.4 Å². The lowest BCUT2D eigenvalue weighted by atomic mass is 9.70. The van der Waals surface area contributed by atoms with E-state index >= 15 is 0 Å². The number of nitrogens with one attached hydrogen (secondary N) is 1. The van der Waals surface area contributed by atoms with E-state index in [1.165, 1.54) is 31.2 Å². The second-order valence-electron chi connectivity index (χ2n) is 12.0. The predicted molar refractivity (Wildman–Crippen MR) is 145 cm³/mol. The van der Waals surface area contributed by atoms with Crippen molar-refractivity contribution in [1.82, 2.24) is 19.7 Å². The minimum atomic E-state index is 0.407. The fourth-order valence-corrected chi connectivity index (χ4v) is 6.17. The summed E-state index contributed by atoms with van der Waals surface area (Å²) in [6.07, 6.45) is 13.4. The first-order valence-corrected chi connectivity index (χ1v) is 13.8. The van der Waals surface area contributed by atoms with Crippen LogP contribution in [-0.4, -0.2) is 76.9 Å². The van der Waals surface area contributed by atoms with Crippen molar-refractivity contribution >= 4 is 11.9 Å². The highest BCUT2D eigenvalue weighted by molar-refractivity contribution is 5.80. The summed E-state index contributed by atoms with van der Waals surface area (Å²) in [5, 5.41) is 8.72. The van der Waals surface area contributed by atoms with Gasteiger partial charge in [-0.1, -0.05) is 26.8 Å². The van der Waals surface area contributed by atoms with Gasteiger partial charge in [-0.3, -0.25) is 15.4 Å². The Kier molecular flexibility index (Phi) is 8.55. The van der Waals surface area contributed by atoms with Crippen LogP contribution in [0.3, 0.4) is 0 Å². The molecule has 0 radical (unpaired) electrons. The van der Waals surface area contributed by atoms with Gasteiger partial charge in [0, 0.05) is 45.1 Å². The van der Waals surface area contributed by atoms with Gasteiger partial charge in [-0.05, 0) is 80.2 Å². The van der Waals surface area contributed by atoms with Crippen molar-refractivity contribution in [2.75, 3.05) is 39.3 Å². The third kappa shape index (κ3) is 6.89. The van der Waals surface area contributed by atoms with E-state index in [-0.39, 0.29) is 0 Å². The summed E-state index contributed by atoms with van der Waals surface area (Å²) in [5.41, 5.74) is 7.88. The van der Waals surface area contributed by atoms with E-state index in [1.54, 1.807) is 0 Å². The van der Waals surface area contributed by atoms with Crippen LogP contribution in [0.2, 0.25) is 0 Å². The molecule has 3 N–H and O–H groups in total. The van der Waals surface area contributed by atoms with Crippen LogP contribution in [0.15, 0.2) is 29.5 Å². The highest BCUT2D eigenvalue weighted by Gasteiger charge is 2.32. The summed E-state index contributed by atoms with van der Waals surface area (Å²) in [6.45, 7) is 13.0. The Balaban J connectivity index is 1.13. The third-order valence-electron chi connectivity index (χ3n) is 8.57. The van der Waals surface area contributed by atoms with E-state index < -0.39 is 0 Å². The van der Waals surface area contributed by atoms with Crippen LogP contribution in [0, 0.1) is 22.7 Å². The lowest BCUT2D eigenvalue weighted by molar-refractivity contribution is 0.140. The Morgan fingerprint density at radius 3 is 2.54 bits per heavy atom. The Hall–Kier alpha value is -2.31. The molecule has 1 atom stereocenters. The van der Waals surface area contributed by atoms with Crippen LogP contribution in [0.4, 0.5) is 0 Å². The SMILES string of the molecule is CC(C)(C)C1CCC(CN2CCN(CCCC[C@H]3CN=C(N)N3CCc3cccnc3)C2=N)CC1. The molecule has 7 heteroatoms. The zero-order chi connectivity index (χ0) is 24.8. The Morgan fingerprint density at radius 1 is 1.06 bits per heavy atom. The maximum absolute atomic E-state index is 8.72. The summed E-state index contributed by atoms with van der Waals surface area (Å²) in [7, 11) is 0. The summed E-state index contributed by atoms with van der Waals surface area (Å²) < 4.78 is 0. The second kappa shape index (κ2) is 11.6. The number of hydrogen-bond acceptors (Lipinski definition) is 5. The lowest BCUT2D eigenvalue weighted by Gasteiger charge is -2.38. The van der Waals surface area contributed by atoms with Crippen molar-refractivity contribution in [3.8, 4) is 0 Å². The predicted octanol–water partition coefficient (Wildman–Crippen LogP) is 4.20. The van der Waals surface area contributed by atoms with Gasteiger partial charge in [0.25, 0.3) is 0 Å². The van der Waals surface area contributed by atoms with E-state index in [9.17, 15) is 0 Å². The maximum atomic E-state index is 8.72. The molecule has 1 aromatic rings. The summed E-state index contributed by atoms with van der Waals surface area (Å²) >= 11 is 0. The molecule has 7 nitrogen and oxygen atoms in total. The van der Waals surface area contributed by atoms with Gasteiger partial charge in [0.15, 0.2) is 11.9 Å². The van der Waals surface area contributed by atoms with Crippen LogP contribution in [0.25, 0.3) is 0 Å². The van der Waals surface area contributed by atoms with Crippen molar-refractivity contribution in [2.45, 2.75) is 78.2 Å². The van der Waals surface area contributed by atoms with Gasteiger partial charge in [-0.15, -0.1) is 0 Å². The standard InChI is InChI=1S/C28H47N7/c1-28(2,3)24-11-9-23(10-12-24)21-34-18-17-33(27(34)30)15-5-4-8-25-20-32-26(29)35(25)16-13-22-7-6-14-31-19-22/h6-7,14,19,23-25,30H,4-5,8-13,15-18,20-21H2,1-3H3,(H2,29,32)/t23?,24?,25-/m0/s1. The molecule has 0 spiro atoms. The fourth-order valence-electron chi connectivity index (χ4n) is 6.17. The number of nitrogens with zero attached hydrogens (tertiary/aromatic N) is 5. The molecule has 0 unspecified atom stereocenters. The van der Waals surface area contributed by atoms with Gasteiger partial charge >= 0.3 is 0 Å². The second-order valence-corrected chi connectivity index (χ2v) is 12.0. The van der Waals surface area contributed by atoms with E-state index in [0.29, 0.717) is 17.4 Å². The molecule has 1 saturated heterocycles. The van der Waals surface area contributed by atoms with E-state index in [1.807, 2.05) is 18.5 Å². The highest BCUT2D eigenvalue weighted by Crippen LogP contribution is 2.40. The van der Waals surface area contributed by atoms with Crippen LogP contribution in [0.5, 0.6) is 0 Å². The molecule has 1 aliphatic carbocycles. The molecule has 2 aliphatic heterocycles. The van der Waals surface area contributed by atoms with Crippen molar-refractivity contribution in [3.63, 3.8) is 0 Å². The normalized spacial score (nSPS) is 25.5. The summed E-state index contributed by atoms with van der Waals surface area (Å²) in [6, 6.07) is 4.52. The number of aromatic nitrogens is 1. The number of guanidine groups is 2. The van der Waals surface area contributed by atoms with E-state index in [0.717, 1.165) is 82.7 Å². The molecule has 1 saturated carbocycles. The topological polar surface area (TPSA) is 84.8 Å². The summed E-state index contributed by atoms with van der Waals surface area (Å²) in [4.78, 5) is 15.6. The van der Waals surface area contributed by atoms with Crippen molar-refractivity contribution in [1.29, 1.82) is 5.41 Å². The highest BCUT2D eigenvalue weighted by atomic mass is 15.4. The van der Waals surface area contributed by atoms with Gasteiger partial charge in [0.05, 0.1) is 12.6 Å². The Labute approximate surface area is 212 Å². The first kappa shape index (κ1) is 25.8. The van der Waals surface area contributed by atoms with Crippen molar-refractivity contribution < 1.29 is 0 Å². The van der Waals surface area contributed by atoms with Crippen LogP contribution >= 0.6 is 0 Å². The van der Waals surface area contributed by atoms with Crippen LogP contribution in [-0.2, 0) is 6.42 Å². The fraction of sp³-hybridized carbons (Fsp3) is 0.750. The van der Waals surface area contributed by atoms with Crippen molar-refractivity contribution in [2.24, 2.45) is 28.0 Å². The summed E-state index contributed by atoms with van der Waals surface area (Å²) in [5.74, 6) is 3.07. The number of nitrogens with two attached hydrogens (primary N) is 1. The molecular formula is C28H47N7. The number of rotatable bonds is 10. The molecular weight excluding hydrogens is 434 g/mol. The van der Waals surface area contributed by atoms with Gasteiger partial charge in [-0.25, -0.2) is 0 Å². The smallest absolute Gasteiger partial charge is 0.193 e. The zero-order valence-electron chi connectivity index (χ0n) is 22.3. The number of unbranched alkanes of at least 4 members (excludes halogenated alkanes) is 1. The quantitative estimate of drug-likeness (QED) is 0.489. The first-order valence-electron chi connectivity index (χ1n) is 13.8. The first-order chi connectivity index (χ1) is 16.8. The molecule has 3 aliphatic rings. The van der Waals surface area contributed by atoms with Crippen LogP contribution in [0.1, 0.15) is 71.3 Å². The number of hydrogen-bond donors (Lipinski definition) is 2. The van der Waals surface area contributed by atoms with Crippen LogP contribution < -0.4 is 5.73 Å². The lowest BCUT2D eigenvalue weighted by Crippen LogP contribution is -2.42. The molecule has 2 fully saturated rings. The molecule has 0 bridgehead atoms. The molecule has 35 heavy (non-hydrogen) atoms. The molecule has 4 rings (SSSR count). The Morgan fingerprint density at radius 2 is 1.83 bits per heavy atom. The molecule has 3 heterocycles. The molecule has 0 amide bonds. The maximum Gasteiger partial charge on any atom is 0.193 e. The average molecular weight is 482 g/mol. The van der Waals surface area contributed by atoms with Gasteiger partial charge in [0.1, 0.15) is 0 Å². The minimum Gasteiger partial charge on any atom is -0.370 e. The van der Waals surface area contributed by atoms with Gasteiger partial charge in [0.2, 0.25) is 0 Å². The number of aliphatic imine (C=N–C) groups is 1.